The highest BCUT2D eigenvalue weighted by Crippen LogP contribution is 2.25. The van der Waals surface area contributed by atoms with Crippen molar-refractivity contribution >= 4 is 11.5 Å². The second-order valence-corrected chi connectivity index (χ2v) is 4.57. The van der Waals surface area contributed by atoms with Crippen molar-refractivity contribution in [3.8, 4) is 0 Å². The number of aliphatic hydroxyl groups is 2. The molecule has 0 radical (unpaired) electrons. The van der Waals surface area contributed by atoms with E-state index in [1.807, 2.05) is 13.8 Å². The van der Waals surface area contributed by atoms with E-state index in [2.05, 4.69) is 10.4 Å². The number of nitrogen functional groups attached to an aromatic ring is 1. The fourth-order valence-electron chi connectivity index (χ4n) is 1.52. The van der Waals surface area contributed by atoms with E-state index in [0.29, 0.717) is 11.5 Å². The van der Waals surface area contributed by atoms with Crippen molar-refractivity contribution in [3.05, 3.63) is 5.69 Å². The molecule has 0 aliphatic heterocycles. The third-order valence-corrected chi connectivity index (χ3v) is 2.73. The van der Waals surface area contributed by atoms with Crippen LogP contribution < -0.4 is 11.1 Å². The molecule has 0 bridgehead atoms. The van der Waals surface area contributed by atoms with E-state index < -0.39 is 5.54 Å². The van der Waals surface area contributed by atoms with Gasteiger partial charge in [0.2, 0.25) is 0 Å². The Morgan fingerprint density at radius 1 is 1.41 bits per heavy atom. The van der Waals surface area contributed by atoms with Crippen LogP contribution in [0.1, 0.15) is 26.0 Å². The molecule has 98 valence electrons. The molecule has 1 aromatic rings. The quantitative estimate of drug-likeness (QED) is 0.577. The van der Waals surface area contributed by atoms with E-state index in [1.54, 1.807) is 11.6 Å². The monoisotopic (exact) mass is 242 g/mol. The van der Waals surface area contributed by atoms with Gasteiger partial charge in [0.15, 0.2) is 0 Å². The molecule has 5 N–H and O–H groups in total. The minimum Gasteiger partial charge on any atom is -0.394 e. The highest BCUT2D eigenvalue weighted by molar-refractivity contribution is 5.65. The van der Waals surface area contributed by atoms with Crippen LogP contribution in [-0.2, 0) is 6.54 Å². The van der Waals surface area contributed by atoms with Gasteiger partial charge in [0.25, 0.3) is 0 Å². The molecule has 6 nitrogen and oxygen atoms in total. The minimum absolute atomic E-state index is 0.181. The number of nitrogens with two attached hydrogens (primary N) is 1. The predicted octanol–water partition coefficient (Wildman–Crippen LogP) is 0.339. The molecule has 0 fully saturated rings. The van der Waals surface area contributed by atoms with Crippen molar-refractivity contribution in [2.24, 2.45) is 0 Å². The number of nitrogens with zero attached hydrogens (tertiary/aromatic N) is 2. The van der Waals surface area contributed by atoms with Gasteiger partial charge in [-0.25, -0.2) is 4.68 Å². The molecule has 1 rings (SSSR count). The lowest BCUT2D eigenvalue weighted by Gasteiger charge is -2.28. The van der Waals surface area contributed by atoms with Crippen molar-refractivity contribution in [2.75, 3.05) is 24.3 Å². The zero-order chi connectivity index (χ0) is 13.1. The molecule has 1 aromatic heterocycles. The molecule has 1 heterocycles. The molecule has 0 amide bonds. The van der Waals surface area contributed by atoms with Gasteiger partial charge in [-0.2, -0.15) is 5.10 Å². The SMILES string of the molecule is CCCn1nc(C)c(N)c1NC(C)(CO)CO. The topological polar surface area (TPSA) is 96.3 Å². The fourth-order valence-corrected chi connectivity index (χ4v) is 1.52. The molecule has 0 atom stereocenters. The first-order valence-electron chi connectivity index (χ1n) is 5.80. The number of hydrogen-bond acceptors (Lipinski definition) is 5. The first-order chi connectivity index (χ1) is 7.97. The highest BCUT2D eigenvalue weighted by atomic mass is 16.3. The summed E-state index contributed by atoms with van der Waals surface area (Å²) < 4.78 is 1.77. The summed E-state index contributed by atoms with van der Waals surface area (Å²) in [5, 5.41) is 25.9. The predicted molar refractivity (Wildman–Crippen MR) is 67.9 cm³/mol. The van der Waals surface area contributed by atoms with Gasteiger partial charge in [-0.3, -0.25) is 0 Å². The smallest absolute Gasteiger partial charge is 0.148 e. The maximum atomic E-state index is 9.27. The Labute approximate surface area is 101 Å². The first-order valence-corrected chi connectivity index (χ1v) is 5.80. The first kappa shape index (κ1) is 13.8. The number of hydrogen-bond donors (Lipinski definition) is 4. The Bertz CT molecular complexity index is 372. The molecule has 0 spiro atoms. The van der Waals surface area contributed by atoms with Crippen LogP contribution in [0.3, 0.4) is 0 Å². The summed E-state index contributed by atoms with van der Waals surface area (Å²) in [6, 6.07) is 0. The van der Waals surface area contributed by atoms with Crippen molar-refractivity contribution in [3.63, 3.8) is 0 Å². The van der Waals surface area contributed by atoms with Crippen molar-refractivity contribution in [1.82, 2.24) is 9.78 Å². The van der Waals surface area contributed by atoms with Gasteiger partial charge in [0.1, 0.15) is 5.82 Å². The number of aromatic nitrogens is 2. The molecule has 0 saturated carbocycles. The summed E-state index contributed by atoms with van der Waals surface area (Å²) in [4.78, 5) is 0. The van der Waals surface area contributed by atoms with Gasteiger partial charge in [0.05, 0.1) is 30.1 Å². The fraction of sp³-hybridized carbons (Fsp3) is 0.727. The summed E-state index contributed by atoms with van der Waals surface area (Å²) >= 11 is 0. The van der Waals surface area contributed by atoms with E-state index in [1.165, 1.54) is 0 Å². The van der Waals surface area contributed by atoms with Crippen LogP contribution in [0.25, 0.3) is 0 Å². The third kappa shape index (κ3) is 2.89. The summed E-state index contributed by atoms with van der Waals surface area (Å²) in [7, 11) is 0. The maximum Gasteiger partial charge on any atom is 0.148 e. The third-order valence-electron chi connectivity index (χ3n) is 2.73. The number of aryl methyl sites for hydroxylation is 2. The Balaban J connectivity index is 3.03. The molecule has 0 aliphatic carbocycles. The van der Waals surface area contributed by atoms with Crippen LogP contribution in [0.5, 0.6) is 0 Å². The molecule has 0 aliphatic rings. The highest BCUT2D eigenvalue weighted by Gasteiger charge is 2.25. The Morgan fingerprint density at radius 3 is 2.47 bits per heavy atom. The van der Waals surface area contributed by atoms with E-state index in [4.69, 9.17) is 5.73 Å². The molecule has 17 heavy (non-hydrogen) atoms. The summed E-state index contributed by atoms with van der Waals surface area (Å²) in [5.41, 5.74) is 6.45. The average molecular weight is 242 g/mol. The van der Waals surface area contributed by atoms with E-state index in [0.717, 1.165) is 18.7 Å². The van der Waals surface area contributed by atoms with Crippen LogP contribution in [0.4, 0.5) is 11.5 Å². The van der Waals surface area contributed by atoms with Crippen LogP contribution >= 0.6 is 0 Å². The maximum absolute atomic E-state index is 9.27. The second-order valence-electron chi connectivity index (χ2n) is 4.57. The molecular weight excluding hydrogens is 220 g/mol. The number of anilines is 2. The lowest BCUT2D eigenvalue weighted by Crippen LogP contribution is -2.43. The van der Waals surface area contributed by atoms with Crippen molar-refractivity contribution in [1.29, 1.82) is 0 Å². The minimum atomic E-state index is -0.800. The van der Waals surface area contributed by atoms with E-state index in [9.17, 15) is 10.2 Å². The van der Waals surface area contributed by atoms with Crippen LogP contribution in [0.15, 0.2) is 0 Å². The standard InChI is InChI=1S/C11H22N4O2/c1-4-5-15-10(9(12)8(2)14-15)13-11(3,6-16)7-17/h13,16-17H,4-7,12H2,1-3H3. The van der Waals surface area contributed by atoms with Crippen LogP contribution in [0.2, 0.25) is 0 Å². The Morgan fingerprint density at radius 2 is 2.00 bits per heavy atom. The van der Waals surface area contributed by atoms with Gasteiger partial charge in [-0.15, -0.1) is 0 Å². The van der Waals surface area contributed by atoms with E-state index >= 15 is 0 Å². The summed E-state index contributed by atoms with van der Waals surface area (Å²) in [6.45, 7) is 5.99. The molecule has 0 saturated heterocycles. The zero-order valence-corrected chi connectivity index (χ0v) is 10.7. The molecule has 0 aromatic carbocycles. The lowest BCUT2D eigenvalue weighted by atomic mass is 10.1. The molecule has 0 unspecified atom stereocenters. The van der Waals surface area contributed by atoms with Crippen LogP contribution in [0, 0.1) is 6.92 Å². The van der Waals surface area contributed by atoms with Gasteiger partial charge in [0, 0.05) is 6.54 Å². The molecule has 6 heteroatoms. The van der Waals surface area contributed by atoms with Gasteiger partial charge >= 0.3 is 0 Å². The second kappa shape index (κ2) is 5.37. The summed E-state index contributed by atoms with van der Waals surface area (Å²) in [5.74, 6) is 0.662. The number of nitrogens with one attached hydrogen (secondary N) is 1. The van der Waals surface area contributed by atoms with E-state index in [-0.39, 0.29) is 13.2 Å². The largest absolute Gasteiger partial charge is 0.394 e. The number of rotatable bonds is 6. The Hall–Kier alpha value is -1.27. The van der Waals surface area contributed by atoms with Crippen LogP contribution in [-0.4, -0.2) is 38.7 Å². The lowest BCUT2D eigenvalue weighted by molar-refractivity contribution is 0.147. The number of aliphatic hydroxyl groups excluding tert-OH is 2. The normalized spacial score (nSPS) is 11.8. The van der Waals surface area contributed by atoms with Gasteiger partial charge in [-0.05, 0) is 20.3 Å². The Kier molecular flexibility index (Phi) is 4.36. The zero-order valence-electron chi connectivity index (χ0n) is 10.7. The van der Waals surface area contributed by atoms with Crippen molar-refractivity contribution < 1.29 is 10.2 Å². The van der Waals surface area contributed by atoms with Gasteiger partial charge in [-0.1, -0.05) is 6.92 Å². The molecular formula is C11H22N4O2. The summed E-state index contributed by atoms with van der Waals surface area (Å²) in [6.07, 6.45) is 0.935. The van der Waals surface area contributed by atoms with Crippen molar-refractivity contribution in [2.45, 2.75) is 39.3 Å². The average Bonchev–Trinajstić information content (AvgIpc) is 2.57. The van der Waals surface area contributed by atoms with Gasteiger partial charge < -0.3 is 21.3 Å².